The number of rotatable bonds is 4. The maximum atomic E-state index is 12.3. The molecule has 0 saturated carbocycles. The van der Waals surface area contributed by atoms with Gasteiger partial charge < -0.3 is 19.3 Å². The zero-order chi connectivity index (χ0) is 16.6. The van der Waals surface area contributed by atoms with E-state index in [0.29, 0.717) is 0 Å². The Balaban J connectivity index is 1.98. The Hall–Kier alpha value is -1.51. The van der Waals surface area contributed by atoms with Crippen LogP contribution in [0.15, 0.2) is 4.99 Å². The standard InChI is InChI=1S/C14H22N2O6/c1-9-10(18)20-6-13(3,15-9)7-21-11(19)14(4)16-12(2,5-17)8-22-14/h16-17H,5-8H2,1-4H3/t12-,13-,14-/m0/s1. The fourth-order valence-corrected chi connectivity index (χ4v) is 2.39. The summed E-state index contributed by atoms with van der Waals surface area (Å²) >= 11 is 0. The van der Waals surface area contributed by atoms with Crippen LogP contribution in [0.1, 0.15) is 27.7 Å². The summed E-state index contributed by atoms with van der Waals surface area (Å²) in [5.74, 6) is -1.06. The lowest BCUT2D eigenvalue weighted by atomic mass is 10.0. The van der Waals surface area contributed by atoms with E-state index in [4.69, 9.17) is 14.2 Å². The highest BCUT2D eigenvalue weighted by molar-refractivity contribution is 6.35. The highest BCUT2D eigenvalue weighted by Crippen LogP contribution is 2.25. The van der Waals surface area contributed by atoms with Crippen LogP contribution in [0.2, 0.25) is 0 Å². The van der Waals surface area contributed by atoms with Gasteiger partial charge >= 0.3 is 11.9 Å². The monoisotopic (exact) mass is 314 g/mol. The van der Waals surface area contributed by atoms with Crippen LogP contribution in [0.5, 0.6) is 0 Å². The van der Waals surface area contributed by atoms with Crippen LogP contribution in [0.4, 0.5) is 0 Å². The molecule has 0 amide bonds. The lowest BCUT2D eigenvalue weighted by Crippen LogP contribution is -2.55. The molecule has 8 heteroatoms. The minimum absolute atomic E-state index is 0.0348. The van der Waals surface area contributed by atoms with Crippen molar-refractivity contribution < 1.29 is 28.9 Å². The van der Waals surface area contributed by atoms with Gasteiger partial charge in [0.15, 0.2) is 0 Å². The molecule has 1 saturated heterocycles. The number of aliphatic hydroxyl groups is 1. The van der Waals surface area contributed by atoms with Crippen molar-refractivity contribution in [2.24, 2.45) is 4.99 Å². The number of hydrogen-bond donors (Lipinski definition) is 2. The summed E-state index contributed by atoms with van der Waals surface area (Å²) < 4.78 is 15.7. The normalized spacial score (nSPS) is 38.4. The van der Waals surface area contributed by atoms with E-state index in [0.717, 1.165) is 0 Å². The zero-order valence-electron chi connectivity index (χ0n) is 13.3. The Labute approximate surface area is 128 Å². The third kappa shape index (κ3) is 3.29. The molecule has 2 aliphatic heterocycles. The Kier molecular flexibility index (Phi) is 4.29. The second-order valence-electron chi connectivity index (χ2n) is 6.51. The van der Waals surface area contributed by atoms with Gasteiger partial charge in [0.25, 0.3) is 0 Å². The van der Waals surface area contributed by atoms with Crippen LogP contribution in [0, 0.1) is 0 Å². The molecule has 0 unspecified atom stereocenters. The lowest BCUT2D eigenvalue weighted by Gasteiger charge is -2.31. The first-order chi connectivity index (χ1) is 10.1. The number of hydrogen-bond acceptors (Lipinski definition) is 8. The van der Waals surface area contributed by atoms with E-state index in [9.17, 15) is 14.7 Å². The first kappa shape index (κ1) is 16.9. The van der Waals surface area contributed by atoms with Crippen LogP contribution >= 0.6 is 0 Å². The number of nitrogens with zero attached hydrogens (tertiary/aromatic N) is 1. The molecule has 0 aromatic heterocycles. The largest absolute Gasteiger partial charge is 0.460 e. The highest BCUT2D eigenvalue weighted by atomic mass is 16.6. The smallest absolute Gasteiger partial charge is 0.353 e. The molecule has 2 heterocycles. The van der Waals surface area contributed by atoms with E-state index < -0.39 is 28.7 Å². The van der Waals surface area contributed by atoms with Crippen LogP contribution in [0.25, 0.3) is 0 Å². The lowest BCUT2D eigenvalue weighted by molar-refractivity contribution is -0.169. The Morgan fingerprint density at radius 2 is 2.09 bits per heavy atom. The molecule has 0 aromatic carbocycles. The topological polar surface area (TPSA) is 106 Å². The van der Waals surface area contributed by atoms with Crippen LogP contribution < -0.4 is 5.32 Å². The number of carbonyl (C=O) groups excluding carboxylic acids is 2. The quantitative estimate of drug-likeness (QED) is 0.667. The average molecular weight is 314 g/mol. The van der Waals surface area contributed by atoms with E-state index in [1.165, 1.54) is 0 Å². The van der Waals surface area contributed by atoms with Gasteiger partial charge in [0.2, 0.25) is 5.72 Å². The van der Waals surface area contributed by atoms with Crippen molar-refractivity contribution in [3.63, 3.8) is 0 Å². The van der Waals surface area contributed by atoms with Gasteiger partial charge in [0.05, 0.1) is 18.8 Å². The minimum Gasteiger partial charge on any atom is -0.460 e. The van der Waals surface area contributed by atoms with Gasteiger partial charge in [-0.25, -0.2) is 9.59 Å². The van der Waals surface area contributed by atoms with Gasteiger partial charge in [-0.1, -0.05) is 0 Å². The molecule has 2 N–H and O–H groups in total. The van der Waals surface area contributed by atoms with E-state index in [1.54, 1.807) is 27.7 Å². The molecule has 124 valence electrons. The zero-order valence-corrected chi connectivity index (χ0v) is 13.3. The predicted molar refractivity (Wildman–Crippen MR) is 76.4 cm³/mol. The van der Waals surface area contributed by atoms with Gasteiger partial charge in [-0.05, 0) is 27.7 Å². The molecule has 2 rings (SSSR count). The van der Waals surface area contributed by atoms with E-state index in [2.05, 4.69) is 10.3 Å². The molecule has 0 spiro atoms. The molecule has 1 fully saturated rings. The third-order valence-electron chi connectivity index (χ3n) is 3.72. The third-order valence-corrected chi connectivity index (χ3v) is 3.72. The predicted octanol–water partition coefficient (Wildman–Crippen LogP) is -0.607. The second kappa shape index (κ2) is 5.60. The first-order valence-corrected chi connectivity index (χ1v) is 7.06. The van der Waals surface area contributed by atoms with Crippen LogP contribution in [-0.2, 0) is 23.8 Å². The number of carbonyl (C=O) groups is 2. The molecule has 22 heavy (non-hydrogen) atoms. The summed E-state index contributed by atoms with van der Waals surface area (Å²) in [6.07, 6.45) is 0. The van der Waals surface area contributed by atoms with Crippen molar-refractivity contribution in [3.05, 3.63) is 0 Å². The Bertz CT molecular complexity index is 521. The summed E-state index contributed by atoms with van der Waals surface area (Å²) in [6, 6.07) is 0. The Morgan fingerprint density at radius 1 is 1.41 bits per heavy atom. The second-order valence-corrected chi connectivity index (χ2v) is 6.51. The van der Waals surface area contributed by atoms with Crippen LogP contribution in [0.3, 0.4) is 0 Å². The minimum atomic E-state index is -1.32. The molecule has 2 aliphatic rings. The molecule has 0 aromatic rings. The summed E-state index contributed by atoms with van der Waals surface area (Å²) in [5.41, 5.74) is -2.56. The number of aliphatic imine (C=N–C) groups is 1. The van der Waals surface area contributed by atoms with Crippen molar-refractivity contribution in [1.82, 2.24) is 5.32 Å². The van der Waals surface area contributed by atoms with Gasteiger partial charge in [-0.3, -0.25) is 10.3 Å². The maximum Gasteiger partial charge on any atom is 0.353 e. The van der Waals surface area contributed by atoms with Gasteiger partial charge in [-0.15, -0.1) is 0 Å². The summed E-state index contributed by atoms with van der Waals surface area (Å²) in [5, 5.41) is 12.2. The molecule has 0 bridgehead atoms. The first-order valence-electron chi connectivity index (χ1n) is 7.06. The van der Waals surface area contributed by atoms with Gasteiger partial charge in [0.1, 0.15) is 24.5 Å². The summed E-state index contributed by atoms with van der Waals surface area (Å²) in [7, 11) is 0. The van der Waals surface area contributed by atoms with Crippen molar-refractivity contribution in [2.75, 3.05) is 26.4 Å². The van der Waals surface area contributed by atoms with E-state index in [1.807, 2.05) is 0 Å². The fraction of sp³-hybridized carbons (Fsp3) is 0.786. The van der Waals surface area contributed by atoms with Crippen molar-refractivity contribution >= 4 is 17.7 Å². The highest BCUT2D eigenvalue weighted by Gasteiger charge is 2.49. The number of esters is 2. The molecule has 3 atom stereocenters. The fourth-order valence-electron chi connectivity index (χ4n) is 2.39. The van der Waals surface area contributed by atoms with Crippen molar-refractivity contribution in [3.8, 4) is 0 Å². The molecular formula is C14H22N2O6. The number of nitrogens with one attached hydrogen (secondary N) is 1. The van der Waals surface area contributed by atoms with Crippen LogP contribution in [-0.4, -0.2) is 66.0 Å². The number of aliphatic hydroxyl groups excluding tert-OH is 1. The summed E-state index contributed by atoms with van der Waals surface area (Å²) in [4.78, 5) is 27.7. The average Bonchev–Trinajstić information content (AvgIpc) is 2.79. The van der Waals surface area contributed by atoms with Gasteiger partial charge in [0, 0.05) is 0 Å². The molecule has 0 aliphatic carbocycles. The SMILES string of the molecule is CC1=N[C@](C)(COC(=O)[C@@]2(C)N[C@@](C)(CO)CO2)COC1=O. The molecular weight excluding hydrogens is 292 g/mol. The number of cyclic esters (lactones) is 1. The van der Waals surface area contributed by atoms with Crippen molar-refractivity contribution in [1.29, 1.82) is 0 Å². The van der Waals surface area contributed by atoms with Gasteiger partial charge in [-0.2, -0.15) is 0 Å². The Morgan fingerprint density at radius 3 is 2.64 bits per heavy atom. The van der Waals surface area contributed by atoms with E-state index >= 15 is 0 Å². The molecule has 0 radical (unpaired) electrons. The summed E-state index contributed by atoms with van der Waals surface area (Å²) in [6.45, 7) is 6.64. The van der Waals surface area contributed by atoms with E-state index in [-0.39, 0.29) is 32.1 Å². The molecule has 8 nitrogen and oxygen atoms in total. The van der Waals surface area contributed by atoms with Crippen molar-refractivity contribution in [2.45, 2.75) is 44.5 Å². The maximum absolute atomic E-state index is 12.3. The number of ether oxygens (including phenoxy) is 3.